The normalized spacial score (nSPS) is 13.2. The highest BCUT2D eigenvalue weighted by atomic mass is 32.2. The molecule has 0 amide bonds. The van der Waals surface area contributed by atoms with E-state index in [4.69, 9.17) is 9.84 Å². The van der Waals surface area contributed by atoms with Gasteiger partial charge in [-0.3, -0.25) is 5.10 Å². The summed E-state index contributed by atoms with van der Waals surface area (Å²) in [4.78, 5) is 11.6. The molecule has 1 aromatic rings. The molecule has 0 saturated heterocycles. The summed E-state index contributed by atoms with van der Waals surface area (Å²) in [5.74, 6) is -0.745. The molecule has 9 heteroatoms. The molecular formula is C11H19N3O5S. The van der Waals surface area contributed by atoms with Gasteiger partial charge in [-0.1, -0.05) is 0 Å². The number of aromatic amines is 1. The summed E-state index contributed by atoms with van der Waals surface area (Å²) in [5.41, 5.74) is -0.130. The quantitative estimate of drug-likeness (QED) is 0.460. The van der Waals surface area contributed by atoms with Gasteiger partial charge in [0.15, 0.2) is 5.03 Å². The van der Waals surface area contributed by atoms with E-state index in [1.165, 1.54) is 0 Å². The van der Waals surface area contributed by atoms with Crippen molar-refractivity contribution in [3.05, 3.63) is 11.8 Å². The number of hydrogen-bond acceptors (Lipinski definition) is 6. The minimum atomic E-state index is -3.86. The van der Waals surface area contributed by atoms with Crippen molar-refractivity contribution >= 4 is 16.0 Å². The monoisotopic (exact) mass is 305 g/mol. The van der Waals surface area contributed by atoms with E-state index >= 15 is 0 Å². The van der Waals surface area contributed by atoms with Crippen LogP contribution in [-0.4, -0.2) is 48.9 Å². The molecule has 1 rings (SSSR count). The van der Waals surface area contributed by atoms with Crippen LogP contribution in [0.5, 0.6) is 0 Å². The predicted molar refractivity (Wildman–Crippen MR) is 70.6 cm³/mol. The van der Waals surface area contributed by atoms with Crippen molar-refractivity contribution < 1.29 is 23.1 Å². The molecule has 1 unspecified atom stereocenters. The van der Waals surface area contributed by atoms with Crippen LogP contribution in [0.3, 0.4) is 0 Å². The standard InChI is InChI=1S/C11H19N3O5S/c1-3-19-11(16)9-7-12-14-10(9)20(17,18)13-6-4-5-8(2)15/h7-8,13,15H,3-6H2,1-2H3,(H,12,14). The number of carbonyl (C=O) groups is 1. The van der Waals surface area contributed by atoms with Crippen LogP contribution in [0, 0.1) is 0 Å². The Labute approximate surface area is 117 Å². The van der Waals surface area contributed by atoms with Gasteiger partial charge in [-0.2, -0.15) is 5.10 Å². The number of sulfonamides is 1. The fraction of sp³-hybridized carbons (Fsp3) is 0.636. The number of nitrogens with zero attached hydrogens (tertiary/aromatic N) is 1. The van der Waals surface area contributed by atoms with E-state index in [1.54, 1.807) is 13.8 Å². The molecule has 1 aromatic heterocycles. The molecule has 0 aliphatic carbocycles. The Morgan fingerprint density at radius 2 is 2.30 bits per heavy atom. The lowest BCUT2D eigenvalue weighted by molar-refractivity contribution is 0.0522. The number of rotatable bonds is 8. The summed E-state index contributed by atoms with van der Waals surface area (Å²) in [5, 5.41) is 14.6. The Bertz CT molecular complexity index is 538. The van der Waals surface area contributed by atoms with E-state index in [9.17, 15) is 13.2 Å². The zero-order chi connectivity index (χ0) is 15.2. The number of H-pyrrole nitrogens is 1. The van der Waals surface area contributed by atoms with Crippen LogP contribution in [0.1, 0.15) is 37.0 Å². The highest BCUT2D eigenvalue weighted by Crippen LogP contribution is 2.13. The van der Waals surface area contributed by atoms with E-state index in [0.29, 0.717) is 12.8 Å². The number of carbonyl (C=O) groups excluding carboxylic acids is 1. The van der Waals surface area contributed by atoms with Gasteiger partial charge in [0, 0.05) is 6.54 Å². The molecule has 0 aromatic carbocycles. The molecular weight excluding hydrogens is 286 g/mol. The maximum absolute atomic E-state index is 12.0. The summed E-state index contributed by atoms with van der Waals surface area (Å²) < 4.78 is 31.1. The molecule has 3 N–H and O–H groups in total. The topological polar surface area (TPSA) is 121 Å². The molecule has 8 nitrogen and oxygen atoms in total. The molecule has 0 bridgehead atoms. The van der Waals surface area contributed by atoms with Crippen molar-refractivity contribution in [3.63, 3.8) is 0 Å². The fourth-order valence-corrected chi connectivity index (χ4v) is 2.67. The predicted octanol–water partition coefficient (Wildman–Crippen LogP) is 0.0257. The van der Waals surface area contributed by atoms with Gasteiger partial charge in [0.25, 0.3) is 10.0 Å². The number of aliphatic hydroxyl groups excluding tert-OH is 1. The first-order chi connectivity index (χ1) is 9.38. The molecule has 0 radical (unpaired) electrons. The van der Waals surface area contributed by atoms with Crippen molar-refractivity contribution in [2.45, 2.75) is 37.8 Å². The van der Waals surface area contributed by atoms with Crippen LogP contribution in [0.4, 0.5) is 0 Å². The third-order valence-electron chi connectivity index (χ3n) is 2.46. The average molecular weight is 305 g/mol. The number of ether oxygens (including phenoxy) is 1. The van der Waals surface area contributed by atoms with Crippen LogP contribution in [-0.2, 0) is 14.8 Å². The van der Waals surface area contributed by atoms with Crippen LogP contribution in [0.2, 0.25) is 0 Å². The molecule has 0 spiro atoms. The lowest BCUT2D eigenvalue weighted by Gasteiger charge is -2.07. The number of esters is 1. The number of hydrogen-bond donors (Lipinski definition) is 3. The molecule has 20 heavy (non-hydrogen) atoms. The maximum atomic E-state index is 12.0. The van der Waals surface area contributed by atoms with Crippen molar-refractivity contribution in [1.82, 2.24) is 14.9 Å². The fourth-order valence-electron chi connectivity index (χ4n) is 1.51. The highest BCUT2D eigenvalue weighted by molar-refractivity contribution is 7.89. The number of aromatic nitrogens is 2. The summed E-state index contributed by atoms with van der Waals surface area (Å²) in [6, 6.07) is 0. The third kappa shape index (κ3) is 4.58. The Balaban J connectivity index is 2.73. The lowest BCUT2D eigenvalue weighted by Crippen LogP contribution is -2.27. The summed E-state index contributed by atoms with van der Waals surface area (Å²) >= 11 is 0. The summed E-state index contributed by atoms with van der Waals surface area (Å²) in [6.45, 7) is 3.56. The van der Waals surface area contributed by atoms with Crippen LogP contribution >= 0.6 is 0 Å². The first-order valence-electron chi connectivity index (χ1n) is 6.26. The lowest BCUT2D eigenvalue weighted by atomic mass is 10.2. The van der Waals surface area contributed by atoms with Gasteiger partial charge >= 0.3 is 5.97 Å². The van der Waals surface area contributed by atoms with Crippen LogP contribution in [0.15, 0.2) is 11.2 Å². The molecule has 0 aliphatic rings. The van der Waals surface area contributed by atoms with Crippen LogP contribution in [0.25, 0.3) is 0 Å². The zero-order valence-corrected chi connectivity index (χ0v) is 12.2. The second-order valence-electron chi connectivity index (χ2n) is 4.22. The Kier molecular flexibility index (Phi) is 6.11. The molecule has 1 atom stereocenters. The van der Waals surface area contributed by atoms with Gasteiger partial charge in [-0.05, 0) is 26.7 Å². The second-order valence-corrected chi connectivity index (χ2v) is 5.93. The SMILES string of the molecule is CCOC(=O)c1cn[nH]c1S(=O)(=O)NCCCC(C)O. The van der Waals surface area contributed by atoms with Crippen molar-refractivity contribution in [2.75, 3.05) is 13.2 Å². The van der Waals surface area contributed by atoms with E-state index in [2.05, 4.69) is 14.9 Å². The highest BCUT2D eigenvalue weighted by Gasteiger charge is 2.25. The van der Waals surface area contributed by atoms with Gasteiger partial charge in [0.1, 0.15) is 5.56 Å². The molecule has 0 fully saturated rings. The smallest absolute Gasteiger partial charge is 0.342 e. The van der Waals surface area contributed by atoms with Gasteiger partial charge in [0.05, 0.1) is 18.9 Å². The first kappa shape index (κ1) is 16.6. The first-order valence-corrected chi connectivity index (χ1v) is 7.75. The van der Waals surface area contributed by atoms with E-state index in [1.807, 2.05) is 0 Å². The molecule has 114 valence electrons. The summed E-state index contributed by atoms with van der Waals surface area (Å²) in [6.07, 6.45) is 1.60. The maximum Gasteiger partial charge on any atom is 0.342 e. The van der Waals surface area contributed by atoms with Gasteiger partial charge in [-0.25, -0.2) is 17.9 Å². The van der Waals surface area contributed by atoms with Crippen molar-refractivity contribution in [2.24, 2.45) is 0 Å². The Morgan fingerprint density at radius 1 is 1.60 bits per heavy atom. The van der Waals surface area contributed by atoms with Gasteiger partial charge < -0.3 is 9.84 Å². The summed E-state index contributed by atoms with van der Waals surface area (Å²) in [7, 11) is -3.86. The number of aliphatic hydroxyl groups is 1. The van der Waals surface area contributed by atoms with E-state index in [0.717, 1.165) is 6.20 Å². The van der Waals surface area contributed by atoms with E-state index in [-0.39, 0.29) is 23.7 Å². The molecule has 0 saturated carbocycles. The van der Waals surface area contributed by atoms with E-state index < -0.39 is 22.1 Å². The Hall–Kier alpha value is -1.45. The molecule has 1 heterocycles. The zero-order valence-electron chi connectivity index (χ0n) is 11.4. The third-order valence-corrected chi connectivity index (χ3v) is 3.89. The largest absolute Gasteiger partial charge is 0.462 e. The minimum Gasteiger partial charge on any atom is -0.462 e. The van der Waals surface area contributed by atoms with Crippen LogP contribution < -0.4 is 4.72 Å². The number of nitrogens with one attached hydrogen (secondary N) is 2. The van der Waals surface area contributed by atoms with Crippen molar-refractivity contribution in [1.29, 1.82) is 0 Å². The van der Waals surface area contributed by atoms with Crippen molar-refractivity contribution in [3.8, 4) is 0 Å². The minimum absolute atomic E-state index is 0.130. The van der Waals surface area contributed by atoms with Gasteiger partial charge in [-0.15, -0.1) is 0 Å². The van der Waals surface area contributed by atoms with Gasteiger partial charge in [0.2, 0.25) is 0 Å². The second kappa shape index (κ2) is 7.36. The average Bonchev–Trinajstić information content (AvgIpc) is 2.85. The molecule has 0 aliphatic heterocycles. The Morgan fingerprint density at radius 3 is 2.90 bits per heavy atom.